The first-order valence-electron chi connectivity index (χ1n) is 11.3. The van der Waals surface area contributed by atoms with Crippen LogP contribution in [0, 0.1) is 12.8 Å². The number of imidazole rings is 1. The van der Waals surface area contributed by atoms with Gasteiger partial charge in [-0.2, -0.15) is 0 Å². The average Bonchev–Trinajstić information content (AvgIpc) is 3.29. The van der Waals surface area contributed by atoms with Gasteiger partial charge in [-0.25, -0.2) is 4.98 Å². The van der Waals surface area contributed by atoms with Gasteiger partial charge >= 0.3 is 0 Å². The molecule has 0 spiro atoms. The smallest absolute Gasteiger partial charge is 0.271 e. The largest absolute Gasteiger partial charge is 0.341 e. The van der Waals surface area contributed by atoms with Crippen molar-refractivity contribution in [2.45, 2.75) is 26.7 Å². The second-order valence-electron chi connectivity index (χ2n) is 8.51. The molecule has 6 nitrogen and oxygen atoms in total. The van der Waals surface area contributed by atoms with E-state index in [1.54, 1.807) is 11.1 Å². The summed E-state index contributed by atoms with van der Waals surface area (Å²) >= 11 is 0. The Morgan fingerprint density at radius 2 is 1.91 bits per heavy atom. The molecule has 0 unspecified atom stereocenters. The van der Waals surface area contributed by atoms with Crippen molar-refractivity contribution in [2.24, 2.45) is 5.92 Å². The highest BCUT2D eigenvalue weighted by atomic mass is 16.2. The molecule has 3 aromatic rings. The summed E-state index contributed by atoms with van der Waals surface area (Å²) in [6.07, 6.45) is 4.55. The van der Waals surface area contributed by atoms with Crippen LogP contribution >= 0.6 is 0 Å². The molecule has 2 heterocycles. The quantitative estimate of drug-likeness (QED) is 0.644. The molecule has 1 aliphatic rings. The van der Waals surface area contributed by atoms with Gasteiger partial charge in [-0.1, -0.05) is 61.0 Å². The molecular weight excluding hydrogens is 400 g/mol. The third-order valence-corrected chi connectivity index (χ3v) is 6.01. The van der Waals surface area contributed by atoms with Crippen LogP contribution in [0.2, 0.25) is 0 Å². The lowest BCUT2D eigenvalue weighted by atomic mass is 9.94. The Morgan fingerprint density at radius 3 is 2.62 bits per heavy atom. The summed E-state index contributed by atoms with van der Waals surface area (Å²) in [4.78, 5) is 36.9. The molecule has 1 saturated heterocycles. The maximum atomic E-state index is 13.4. The Kier molecular flexibility index (Phi) is 6.69. The minimum absolute atomic E-state index is 0.104. The number of rotatable bonds is 6. The molecule has 2 amide bonds. The zero-order valence-electron chi connectivity index (χ0n) is 18.8. The lowest BCUT2D eigenvalue weighted by Crippen LogP contribution is -2.38. The highest BCUT2D eigenvalue weighted by Gasteiger charge is 2.32. The fourth-order valence-electron chi connectivity index (χ4n) is 4.40. The molecule has 32 heavy (non-hydrogen) atoms. The standard InChI is InChI=1S/C26H30N4O2/c1-3-10-29-11-12-30(26(32)24-16-27-18-28-24)17-23(25(29)31)15-20-7-5-9-22(14-20)21-8-4-6-19(2)13-21/h4-9,13-14,16,18,23H,3,10-12,15,17H2,1-2H3,(H,27,28)/t23-/m0/s1. The number of benzene rings is 2. The van der Waals surface area contributed by atoms with Crippen LogP contribution in [0.1, 0.15) is 35.0 Å². The Bertz CT molecular complexity index is 1080. The Hall–Kier alpha value is -3.41. The number of H-pyrrole nitrogens is 1. The summed E-state index contributed by atoms with van der Waals surface area (Å²) in [6, 6.07) is 16.8. The minimum atomic E-state index is -0.274. The molecule has 166 valence electrons. The molecule has 0 bridgehead atoms. The first-order chi connectivity index (χ1) is 15.5. The van der Waals surface area contributed by atoms with Gasteiger partial charge in [-0.15, -0.1) is 0 Å². The van der Waals surface area contributed by atoms with Crippen LogP contribution in [0.4, 0.5) is 0 Å². The van der Waals surface area contributed by atoms with E-state index in [1.807, 2.05) is 11.0 Å². The number of hydrogen-bond donors (Lipinski definition) is 1. The lowest BCUT2D eigenvalue weighted by molar-refractivity contribution is -0.134. The van der Waals surface area contributed by atoms with Crippen LogP contribution in [-0.4, -0.2) is 57.8 Å². The number of hydrogen-bond acceptors (Lipinski definition) is 3. The monoisotopic (exact) mass is 430 g/mol. The molecule has 1 aliphatic heterocycles. The van der Waals surface area contributed by atoms with E-state index < -0.39 is 0 Å². The van der Waals surface area contributed by atoms with E-state index in [2.05, 4.69) is 66.3 Å². The summed E-state index contributed by atoms with van der Waals surface area (Å²) in [5.74, 6) is -0.247. The third-order valence-electron chi connectivity index (χ3n) is 6.01. The Labute approximate surface area is 189 Å². The average molecular weight is 431 g/mol. The minimum Gasteiger partial charge on any atom is -0.341 e. The SMILES string of the molecule is CCCN1CCN(C(=O)c2cnc[nH]2)C[C@H](Cc2cccc(-c3cccc(C)c3)c2)C1=O. The molecular formula is C26H30N4O2. The van der Waals surface area contributed by atoms with Gasteiger partial charge in [0.1, 0.15) is 5.69 Å². The Morgan fingerprint density at radius 1 is 1.12 bits per heavy atom. The van der Waals surface area contributed by atoms with Gasteiger partial charge in [-0.05, 0) is 36.5 Å². The van der Waals surface area contributed by atoms with Crippen molar-refractivity contribution in [1.29, 1.82) is 0 Å². The zero-order chi connectivity index (χ0) is 22.5. The van der Waals surface area contributed by atoms with Crippen LogP contribution < -0.4 is 0 Å². The number of amides is 2. The maximum Gasteiger partial charge on any atom is 0.271 e. The van der Waals surface area contributed by atoms with E-state index in [9.17, 15) is 9.59 Å². The summed E-state index contributed by atoms with van der Waals surface area (Å²) in [5, 5.41) is 0. The number of aromatic nitrogens is 2. The van der Waals surface area contributed by atoms with Gasteiger partial charge in [0.25, 0.3) is 5.91 Å². The van der Waals surface area contributed by atoms with Crippen molar-refractivity contribution in [3.05, 3.63) is 77.9 Å². The second-order valence-corrected chi connectivity index (χ2v) is 8.51. The predicted molar refractivity (Wildman–Crippen MR) is 125 cm³/mol. The first kappa shape index (κ1) is 21.8. The van der Waals surface area contributed by atoms with E-state index in [0.717, 1.165) is 17.5 Å². The topological polar surface area (TPSA) is 69.3 Å². The van der Waals surface area contributed by atoms with E-state index >= 15 is 0 Å². The molecule has 1 atom stereocenters. The third kappa shape index (κ3) is 4.90. The molecule has 1 fully saturated rings. The van der Waals surface area contributed by atoms with Crippen molar-refractivity contribution in [3.63, 3.8) is 0 Å². The number of nitrogens with one attached hydrogen (secondary N) is 1. The number of carbonyl (C=O) groups is 2. The lowest BCUT2D eigenvalue weighted by Gasteiger charge is -2.24. The molecule has 0 saturated carbocycles. The van der Waals surface area contributed by atoms with Crippen molar-refractivity contribution < 1.29 is 9.59 Å². The van der Waals surface area contributed by atoms with Gasteiger partial charge in [0.05, 0.1) is 18.4 Å². The van der Waals surface area contributed by atoms with E-state index in [-0.39, 0.29) is 17.7 Å². The predicted octanol–water partition coefficient (Wildman–Crippen LogP) is 3.94. The van der Waals surface area contributed by atoms with Gasteiger partial charge in [0, 0.05) is 26.2 Å². The normalized spacial score (nSPS) is 16.8. The molecule has 1 aromatic heterocycles. The summed E-state index contributed by atoms with van der Waals surface area (Å²) in [7, 11) is 0. The Balaban J connectivity index is 1.58. The van der Waals surface area contributed by atoms with E-state index in [0.29, 0.717) is 38.3 Å². The summed E-state index contributed by atoms with van der Waals surface area (Å²) < 4.78 is 0. The van der Waals surface area contributed by atoms with Crippen LogP contribution in [-0.2, 0) is 11.2 Å². The highest BCUT2D eigenvalue weighted by Crippen LogP contribution is 2.24. The number of aryl methyl sites for hydroxylation is 1. The van der Waals surface area contributed by atoms with Crippen molar-refractivity contribution in [1.82, 2.24) is 19.8 Å². The molecule has 4 rings (SSSR count). The van der Waals surface area contributed by atoms with Gasteiger partial charge in [0.15, 0.2) is 0 Å². The van der Waals surface area contributed by atoms with Crippen LogP contribution in [0.25, 0.3) is 11.1 Å². The summed E-state index contributed by atoms with van der Waals surface area (Å²) in [5.41, 5.74) is 5.09. The van der Waals surface area contributed by atoms with Crippen LogP contribution in [0.5, 0.6) is 0 Å². The second kappa shape index (κ2) is 9.81. The van der Waals surface area contributed by atoms with Crippen molar-refractivity contribution >= 4 is 11.8 Å². The van der Waals surface area contributed by atoms with Gasteiger partial charge in [0.2, 0.25) is 5.91 Å². The molecule has 0 radical (unpaired) electrons. The fraction of sp³-hybridized carbons (Fsp3) is 0.346. The molecule has 2 aromatic carbocycles. The number of carbonyl (C=O) groups excluding carboxylic acids is 2. The fourth-order valence-corrected chi connectivity index (χ4v) is 4.40. The molecule has 1 N–H and O–H groups in total. The van der Waals surface area contributed by atoms with Crippen LogP contribution in [0.3, 0.4) is 0 Å². The van der Waals surface area contributed by atoms with Crippen molar-refractivity contribution in [3.8, 4) is 11.1 Å². The molecule has 6 heteroatoms. The van der Waals surface area contributed by atoms with Crippen molar-refractivity contribution in [2.75, 3.05) is 26.2 Å². The molecule has 0 aliphatic carbocycles. The zero-order valence-corrected chi connectivity index (χ0v) is 18.8. The van der Waals surface area contributed by atoms with Crippen LogP contribution in [0.15, 0.2) is 61.1 Å². The highest BCUT2D eigenvalue weighted by molar-refractivity contribution is 5.93. The van der Waals surface area contributed by atoms with E-state index in [4.69, 9.17) is 0 Å². The van der Waals surface area contributed by atoms with Gasteiger partial charge < -0.3 is 14.8 Å². The van der Waals surface area contributed by atoms with E-state index in [1.165, 1.54) is 17.5 Å². The van der Waals surface area contributed by atoms with Gasteiger partial charge in [-0.3, -0.25) is 9.59 Å². The number of nitrogens with zero attached hydrogens (tertiary/aromatic N) is 3. The first-order valence-corrected chi connectivity index (χ1v) is 11.3. The summed E-state index contributed by atoms with van der Waals surface area (Å²) in [6.45, 7) is 6.38. The number of aromatic amines is 1. The maximum absolute atomic E-state index is 13.4.